The summed E-state index contributed by atoms with van der Waals surface area (Å²) in [5.74, 6) is 0.612. The fraction of sp³-hybridized carbons (Fsp3) is 0.200. The molecule has 1 heterocycles. The number of pyridine rings is 1. The van der Waals surface area contributed by atoms with Gasteiger partial charge in [-0.15, -0.1) is 0 Å². The second-order valence-electron chi connectivity index (χ2n) is 3.93. The molecule has 0 bridgehead atoms. The van der Waals surface area contributed by atoms with Crippen LogP contribution in [0.25, 0.3) is 0 Å². The van der Waals surface area contributed by atoms with Gasteiger partial charge in [0, 0.05) is 11.8 Å². The number of aryl methyl sites for hydroxylation is 1. The Balaban J connectivity index is 2.41. The van der Waals surface area contributed by atoms with E-state index >= 15 is 0 Å². The van der Waals surface area contributed by atoms with Crippen LogP contribution in [0, 0.1) is 0 Å². The molecule has 3 nitrogen and oxygen atoms in total. The smallest absolute Gasteiger partial charge is 0.211 e. The summed E-state index contributed by atoms with van der Waals surface area (Å²) in [7, 11) is 1.59. The highest BCUT2D eigenvalue weighted by Gasteiger charge is 2.14. The standard InChI is InChI=1S/C15H15NO2/c1-3-11-7-5-9-16-14(11)15(17)12-6-4-8-13(10-12)18-2/h4-10H,3H2,1-2H3. The van der Waals surface area contributed by atoms with Gasteiger partial charge in [0.1, 0.15) is 11.4 Å². The van der Waals surface area contributed by atoms with E-state index in [0.717, 1.165) is 12.0 Å². The van der Waals surface area contributed by atoms with Crippen molar-refractivity contribution in [2.45, 2.75) is 13.3 Å². The number of benzene rings is 1. The molecule has 0 N–H and O–H groups in total. The van der Waals surface area contributed by atoms with Crippen molar-refractivity contribution >= 4 is 5.78 Å². The van der Waals surface area contributed by atoms with E-state index < -0.39 is 0 Å². The zero-order chi connectivity index (χ0) is 13.0. The first-order chi connectivity index (χ1) is 8.76. The maximum absolute atomic E-state index is 12.4. The zero-order valence-corrected chi connectivity index (χ0v) is 10.5. The highest BCUT2D eigenvalue weighted by Crippen LogP contribution is 2.17. The number of carbonyl (C=O) groups excluding carboxylic acids is 1. The molecule has 0 radical (unpaired) electrons. The second-order valence-corrected chi connectivity index (χ2v) is 3.93. The molecule has 0 saturated heterocycles. The van der Waals surface area contributed by atoms with Crippen LogP contribution in [0.2, 0.25) is 0 Å². The van der Waals surface area contributed by atoms with Crippen LogP contribution < -0.4 is 4.74 Å². The van der Waals surface area contributed by atoms with Crippen molar-refractivity contribution < 1.29 is 9.53 Å². The summed E-state index contributed by atoms with van der Waals surface area (Å²) in [4.78, 5) is 16.6. The molecule has 0 spiro atoms. The molecule has 3 heteroatoms. The van der Waals surface area contributed by atoms with Crippen LogP contribution in [0.5, 0.6) is 5.75 Å². The van der Waals surface area contributed by atoms with Gasteiger partial charge >= 0.3 is 0 Å². The first kappa shape index (κ1) is 12.3. The fourth-order valence-corrected chi connectivity index (χ4v) is 1.83. The normalized spacial score (nSPS) is 10.1. The number of ketones is 1. The molecule has 18 heavy (non-hydrogen) atoms. The third-order valence-corrected chi connectivity index (χ3v) is 2.82. The average molecular weight is 241 g/mol. The predicted octanol–water partition coefficient (Wildman–Crippen LogP) is 2.88. The lowest BCUT2D eigenvalue weighted by Crippen LogP contribution is -2.07. The van der Waals surface area contributed by atoms with E-state index in [0.29, 0.717) is 17.0 Å². The molecule has 1 aromatic carbocycles. The monoisotopic (exact) mass is 241 g/mol. The molecule has 0 atom stereocenters. The van der Waals surface area contributed by atoms with Gasteiger partial charge in [-0.2, -0.15) is 0 Å². The summed E-state index contributed by atoms with van der Waals surface area (Å²) in [5, 5.41) is 0. The van der Waals surface area contributed by atoms with Crippen LogP contribution in [-0.4, -0.2) is 17.9 Å². The predicted molar refractivity (Wildman–Crippen MR) is 70.0 cm³/mol. The van der Waals surface area contributed by atoms with Crippen LogP contribution in [0.1, 0.15) is 28.5 Å². The van der Waals surface area contributed by atoms with Crippen molar-refractivity contribution in [1.82, 2.24) is 4.98 Å². The van der Waals surface area contributed by atoms with Crippen molar-refractivity contribution in [3.63, 3.8) is 0 Å². The summed E-state index contributed by atoms with van der Waals surface area (Å²) < 4.78 is 5.12. The molecule has 0 aliphatic heterocycles. The molecule has 92 valence electrons. The van der Waals surface area contributed by atoms with E-state index in [2.05, 4.69) is 4.98 Å². The number of nitrogens with zero attached hydrogens (tertiary/aromatic N) is 1. The third kappa shape index (κ3) is 2.40. The number of carbonyl (C=O) groups is 1. The summed E-state index contributed by atoms with van der Waals surface area (Å²) in [6.07, 6.45) is 2.44. The number of aromatic nitrogens is 1. The van der Waals surface area contributed by atoms with E-state index in [-0.39, 0.29) is 5.78 Å². The maximum Gasteiger partial charge on any atom is 0.211 e. The Kier molecular flexibility index (Phi) is 3.72. The van der Waals surface area contributed by atoms with Gasteiger partial charge in [0.15, 0.2) is 0 Å². The lowest BCUT2D eigenvalue weighted by atomic mass is 10.0. The maximum atomic E-state index is 12.4. The zero-order valence-electron chi connectivity index (χ0n) is 10.5. The third-order valence-electron chi connectivity index (χ3n) is 2.82. The Morgan fingerprint density at radius 2 is 2.11 bits per heavy atom. The largest absolute Gasteiger partial charge is 0.497 e. The molecule has 2 aromatic rings. The van der Waals surface area contributed by atoms with Gasteiger partial charge in [-0.3, -0.25) is 9.78 Å². The summed E-state index contributed by atoms with van der Waals surface area (Å²) in [5.41, 5.74) is 2.08. The van der Waals surface area contributed by atoms with E-state index in [1.54, 1.807) is 31.5 Å². The number of rotatable bonds is 4. The minimum absolute atomic E-state index is 0.0636. The van der Waals surface area contributed by atoms with Crippen LogP contribution >= 0.6 is 0 Å². The molecule has 0 amide bonds. The van der Waals surface area contributed by atoms with Crippen molar-refractivity contribution in [3.05, 3.63) is 59.4 Å². The van der Waals surface area contributed by atoms with Gasteiger partial charge in [-0.05, 0) is 30.2 Å². The van der Waals surface area contributed by atoms with E-state index in [1.807, 2.05) is 25.1 Å². The Morgan fingerprint density at radius 3 is 2.83 bits per heavy atom. The van der Waals surface area contributed by atoms with Gasteiger partial charge in [0.05, 0.1) is 7.11 Å². The van der Waals surface area contributed by atoms with Gasteiger partial charge in [-0.25, -0.2) is 0 Å². The molecule has 0 fully saturated rings. The highest BCUT2D eigenvalue weighted by molar-refractivity contribution is 6.08. The molecule has 0 aliphatic carbocycles. The molecule has 1 aromatic heterocycles. The van der Waals surface area contributed by atoms with Crippen molar-refractivity contribution in [3.8, 4) is 5.75 Å². The summed E-state index contributed by atoms with van der Waals surface area (Å²) >= 11 is 0. The number of hydrogen-bond donors (Lipinski definition) is 0. The van der Waals surface area contributed by atoms with Crippen molar-refractivity contribution in [2.75, 3.05) is 7.11 Å². The Bertz CT molecular complexity index is 564. The van der Waals surface area contributed by atoms with Crippen molar-refractivity contribution in [1.29, 1.82) is 0 Å². The van der Waals surface area contributed by atoms with Gasteiger partial charge in [0.2, 0.25) is 5.78 Å². The second kappa shape index (κ2) is 5.45. The topological polar surface area (TPSA) is 39.2 Å². The summed E-state index contributed by atoms with van der Waals surface area (Å²) in [6.45, 7) is 2.01. The first-order valence-corrected chi connectivity index (χ1v) is 5.89. The molecular weight excluding hydrogens is 226 g/mol. The molecule has 0 saturated carbocycles. The van der Waals surface area contributed by atoms with Crippen LogP contribution in [0.3, 0.4) is 0 Å². The average Bonchev–Trinajstić information content (AvgIpc) is 2.46. The Labute approximate surface area is 106 Å². The SMILES string of the molecule is CCc1cccnc1C(=O)c1cccc(OC)c1. The quantitative estimate of drug-likeness (QED) is 0.773. The summed E-state index contributed by atoms with van der Waals surface area (Å²) in [6, 6.07) is 10.9. The van der Waals surface area contributed by atoms with Gasteiger partial charge in [-0.1, -0.05) is 25.1 Å². The Hall–Kier alpha value is -2.16. The van der Waals surface area contributed by atoms with E-state index in [1.165, 1.54) is 0 Å². The molecule has 0 unspecified atom stereocenters. The van der Waals surface area contributed by atoms with E-state index in [4.69, 9.17) is 4.74 Å². The van der Waals surface area contributed by atoms with Crippen LogP contribution in [-0.2, 0) is 6.42 Å². The lowest BCUT2D eigenvalue weighted by Gasteiger charge is -2.06. The highest BCUT2D eigenvalue weighted by atomic mass is 16.5. The molecular formula is C15H15NO2. The molecule has 2 rings (SSSR count). The van der Waals surface area contributed by atoms with Gasteiger partial charge in [0.25, 0.3) is 0 Å². The number of hydrogen-bond acceptors (Lipinski definition) is 3. The minimum atomic E-state index is -0.0636. The minimum Gasteiger partial charge on any atom is -0.497 e. The van der Waals surface area contributed by atoms with Crippen LogP contribution in [0.15, 0.2) is 42.6 Å². The molecule has 0 aliphatic rings. The van der Waals surface area contributed by atoms with Gasteiger partial charge < -0.3 is 4.74 Å². The first-order valence-electron chi connectivity index (χ1n) is 5.89. The van der Waals surface area contributed by atoms with Crippen molar-refractivity contribution in [2.24, 2.45) is 0 Å². The fourth-order valence-electron chi connectivity index (χ4n) is 1.83. The Morgan fingerprint density at radius 1 is 1.28 bits per heavy atom. The number of ether oxygens (including phenoxy) is 1. The number of methoxy groups -OCH3 is 1. The van der Waals surface area contributed by atoms with E-state index in [9.17, 15) is 4.79 Å². The lowest BCUT2D eigenvalue weighted by molar-refractivity contribution is 0.103. The van der Waals surface area contributed by atoms with Crippen LogP contribution in [0.4, 0.5) is 0 Å².